The monoisotopic (exact) mass is 504 g/mol. The van der Waals surface area contributed by atoms with E-state index in [1.54, 1.807) is 55.5 Å². The number of Topliss-reactive ketones (excluding diaryl/α,β-unsaturated/α-hetero) is 1. The summed E-state index contributed by atoms with van der Waals surface area (Å²) in [6.45, 7) is 1.77. The number of ketones is 1. The van der Waals surface area contributed by atoms with Gasteiger partial charge >= 0.3 is 5.97 Å². The molecular weight excluding hydrogens is 492 g/mol. The Kier molecular flexibility index (Phi) is 6.05. The standard InChI is InChI=1S/C19H14Br2N4O3/c1-10-7-15(25-24-10)17(26)16(23-22)13-8-12(20)9-14(21)18(13)28-19(27)11-5-3-2-4-6-11/h2-9H,22H2,1H3,(H,24,25)/b23-16+. The van der Waals surface area contributed by atoms with Crippen LogP contribution < -0.4 is 10.6 Å². The van der Waals surface area contributed by atoms with E-state index in [4.69, 9.17) is 10.6 Å². The van der Waals surface area contributed by atoms with Gasteiger partial charge in [-0.05, 0) is 53.2 Å². The normalized spacial score (nSPS) is 11.3. The lowest BCUT2D eigenvalue weighted by Gasteiger charge is -2.13. The third-order valence-electron chi connectivity index (χ3n) is 3.75. The molecular formula is C19H14Br2N4O3. The van der Waals surface area contributed by atoms with E-state index in [1.165, 1.54) is 0 Å². The fourth-order valence-corrected chi connectivity index (χ4v) is 3.78. The van der Waals surface area contributed by atoms with Crippen molar-refractivity contribution in [3.8, 4) is 5.75 Å². The van der Waals surface area contributed by atoms with Gasteiger partial charge in [-0.15, -0.1) is 0 Å². The number of H-pyrrole nitrogens is 1. The summed E-state index contributed by atoms with van der Waals surface area (Å²) in [6, 6.07) is 13.4. The van der Waals surface area contributed by atoms with Gasteiger partial charge in [0.2, 0.25) is 5.78 Å². The Morgan fingerprint density at radius 2 is 1.86 bits per heavy atom. The molecule has 0 aliphatic rings. The van der Waals surface area contributed by atoms with E-state index in [-0.39, 0.29) is 22.7 Å². The Labute approximate surface area is 177 Å². The van der Waals surface area contributed by atoms with E-state index in [1.807, 2.05) is 0 Å². The molecule has 28 heavy (non-hydrogen) atoms. The Hall–Kier alpha value is -2.78. The molecule has 0 radical (unpaired) electrons. The molecule has 3 aromatic rings. The topological polar surface area (TPSA) is 110 Å². The summed E-state index contributed by atoms with van der Waals surface area (Å²) >= 11 is 6.74. The van der Waals surface area contributed by atoms with Crippen LogP contribution in [0.4, 0.5) is 0 Å². The van der Waals surface area contributed by atoms with Crippen LogP contribution in [0.15, 0.2) is 62.6 Å². The SMILES string of the molecule is Cc1cc(C(=O)/C(=N/N)c2cc(Br)cc(Br)c2OC(=O)c2ccccc2)n[nH]1. The molecule has 0 amide bonds. The van der Waals surface area contributed by atoms with Crippen molar-refractivity contribution in [1.82, 2.24) is 10.2 Å². The van der Waals surface area contributed by atoms with E-state index in [2.05, 4.69) is 47.2 Å². The number of aromatic amines is 1. The minimum Gasteiger partial charge on any atom is -0.421 e. The van der Waals surface area contributed by atoms with Gasteiger partial charge in [0.25, 0.3) is 0 Å². The van der Waals surface area contributed by atoms with Crippen LogP contribution in [0.5, 0.6) is 5.75 Å². The van der Waals surface area contributed by atoms with Crippen molar-refractivity contribution in [3.05, 3.63) is 80.0 Å². The number of nitrogens with zero attached hydrogens (tertiary/aromatic N) is 2. The number of rotatable bonds is 5. The number of carbonyl (C=O) groups is 2. The van der Waals surface area contributed by atoms with Crippen LogP contribution in [0.3, 0.4) is 0 Å². The maximum absolute atomic E-state index is 12.9. The lowest BCUT2D eigenvalue weighted by molar-refractivity contribution is 0.0732. The van der Waals surface area contributed by atoms with Crippen molar-refractivity contribution in [2.75, 3.05) is 0 Å². The van der Waals surface area contributed by atoms with Gasteiger partial charge in [0.05, 0.1) is 15.6 Å². The smallest absolute Gasteiger partial charge is 0.343 e. The van der Waals surface area contributed by atoms with Gasteiger partial charge in [-0.3, -0.25) is 9.89 Å². The fourth-order valence-electron chi connectivity index (χ4n) is 2.47. The number of hydrazone groups is 1. The highest BCUT2D eigenvalue weighted by Gasteiger charge is 2.25. The number of ether oxygens (including phenoxy) is 1. The van der Waals surface area contributed by atoms with Crippen LogP contribution in [0.2, 0.25) is 0 Å². The molecule has 3 rings (SSSR count). The number of esters is 1. The Bertz CT molecular complexity index is 1080. The highest BCUT2D eigenvalue weighted by molar-refractivity contribution is 9.11. The predicted molar refractivity (Wildman–Crippen MR) is 112 cm³/mol. The van der Waals surface area contributed by atoms with Crippen LogP contribution in [-0.4, -0.2) is 27.7 Å². The van der Waals surface area contributed by atoms with E-state index >= 15 is 0 Å². The van der Waals surface area contributed by atoms with Crippen LogP contribution >= 0.6 is 31.9 Å². The molecule has 0 bridgehead atoms. The van der Waals surface area contributed by atoms with Crippen LogP contribution in [0.1, 0.15) is 32.1 Å². The van der Waals surface area contributed by atoms with Gasteiger partial charge in [0.1, 0.15) is 11.4 Å². The first kappa shape index (κ1) is 20.0. The lowest BCUT2D eigenvalue weighted by Crippen LogP contribution is -2.21. The summed E-state index contributed by atoms with van der Waals surface area (Å²) < 4.78 is 6.66. The van der Waals surface area contributed by atoms with Gasteiger partial charge in [0, 0.05) is 10.2 Å². The molecule has 0 aliphatic carbocycles. The third-order valence-corrected chi connectivity index (χ3v) is 4.80. The molecule has 2 aromatic carbocycles. The Morgan fingerprint density at radius 1 is 1.14 bits per heavy atom. The molecule has 9 heteroatoms. The van der Waals surface area contributed by atoms with Crippen molar-refractivity contribution in [2.45, 2.75) is 6.92 Å². The van der Waals surface area contributed by atoms with Crippen LogP contribution in [0.25, 0.3) is 0 Å². The number of carbonyl (C=O) groups excluding carboxylic acids is 2. The summed E-state index contributed by atoms with van der Waals surface area (Å²) in [7, 11) is 0. The molecule has 0 atom stereocenters. The van der Waals surface area contributed by atoms with E-state index in [0.717, 1.165) is 0 Å². The summed E-state index contributed by atoms with van der Waals surface area (Å²) in [5.74, 6) is 4.56. The molecule has 7 nitrogen and oxygen atoms in total. The number of benzene rings is 2. The highest BCUT2D eigenvalue weighted by atomic mass is 79.9. The second-order valence-corrected chi connectivity index (χ2v) is 7.53. The minimum absolute atomic E-state index is 0.0932. The van der Waals surface area contributed by atoms with Crippen molar-refractivity contribution < 1.29 is 14.3 Å². The zero-order valence-electron chi connectivity index (χ0n) is 14.6. The van der Waals surface area contributed by atoms with Gasteiger partial charge in [-0.2, -0.15) is 10.2 Å². The lowest BCUT2D eigenvalue weighted by atomic mass is 10.0. The molecule has 1 aromatic heterocycles. The summed E-state index contributed by atoms with van der Waals surface area (Å²) in [5, 5.41) is 10.3. The summed E-state index contributed by atoms with van der Waals surface area (Å²) in [6.07, 6.45) is 0. The number of hydrogen-bond donors (Lipinski definition) is 2. The first-order chi connectivity index (χ1) is 13.4. The number of aromatic nitrogens is 2. The Morgan fingerprint density at radius 3 is 2.46 bits per heavy atom. The molecule has 0 saturated carbocycles. The zero-order chi connectivity index (χ0) is 20.3. The van der Waals surface area contributed by atoms with Crippen molar-refractivity contribution in [2.24, 2.45) is 10.9 Å². The number of aryl methyl sites for hydroxylation is 1. The van der Waals surface area contributed by atoms with Crippen molar-refractivity contribution in [3.63, 3.8) is 0 Å². The van der Waals surface area contributed by atoms with Crippen LogP contribution in [0, 0.1) is 6.92 Å². The van der Waals surface area contributed by atoms with Crippen LogP contribution in [-0.2, 0) is 0 Å². The van der Waals surface area contributed by atoms with Gasteiger partial charge < -0.3 is 10.6 Å². The van der Waals surface area contributed by atoms with E-state index < -0.39 is 11.8 Å². The molecule has 0 aliphatic heterocycles. The molecule has 3 N–H and O–H groups in total. The van der Waals surface area contributed by atoms with Gasteiger partial charge in [-0.1, -0.05) is 34.1 Å². The minimum atomic E-state index is -0.579. The van der Waals surface area contributed by atoms with Gasteiger partial charge in [0.15, 0.2) is 5.75 Å². The zero-order valence-corrected chi connectivity index (χ0v) is 17.7. The Balaban J connectivity index is 2.04. The third kappa shape index (κ3) is 4.20. The maximum atomic E-state index is 12.9. The van der Waals surface area contributed by atoms with E-state index in [9.17, 15) is 9.59 Å². The average molecular weight is 506 g/mol. The molecule has 0 spiro atoms. The molecule has 0 saturated heterocycles. The quantitative estimate of drug-likeness (QED) is 0.136. The first-order valence-corrected chi connectivity index (χ1v) is 9.60. The maximum Gasteiger partial charge on any atom is 0.343 e. The second-order valence-electron chi connectivity index (χ2n) is 5.76. The fraction of sp³-hybridized carbons (Fsp3) is 0.0526. The highest BCUT2D eigenvalue weighted by Crippen LogP contribution is 2.34. The van der Waals surface area contributed by atoms with E-state index in [0.29, 0.717) is 20.2 Å². The second kappa shape index (κ2) is 8.49. The average Bonchev–Trinajstić information content (AvgIpc) is 3.11. The number of halogens is 2. The molecule has 1 heterocycles. The molecule has 0 fully saturated rings. The molecule has 142 valence electrons. The van der Waals surface area contributed by atoms with Crippen molar-refractivity contribution >= 4 is 49.3 Å². The summed E-state index contributed by atoms with van der Waals surface area (Å²) in [4.78, 5) is 25.4. The first-order valence-electron chi connectivity index (χ1n) is 8.02. The largest absolute Gasteiger partial charge is 0.421 e. The number of hydrogen-bond acceptors (Lipinski definition) is 6. The predicted octanol–water partition coefficient (Wildman–Crippen LogP) is 4.01. The van der Waals surface area contributed by atoms with Crippen molar-refractivity contribution in [1.29, 1.82) is 0 Å². The number of nitrogens with two attached hydrogens (primary N) is 1. The van der Waals surface area contributed by atoms with Gasteiger partial charge in [-0.25, -0.2) is 4.79 Å². The molecule has 0 unspecified atom stereocenters. The summed E-state index contributed by atoms with van der Waals surface area (Å²) in [5.41, 5.74) is 1.39. The number of nitrogens with one attached hydrogen (secondary N) is 1.